The normalized spacial score (nSPS) is 11.5. The van der Waals surface area contributed by atoms with Crippen LogP contribution in [0.3, 0.4) is 0 Å². The smallest absolute Gasteiger partial charge is 0.330 e. The van der Waals surface area contributed by atoms with Gasteiger partial charge in [0, 0.05) is 6.08 Å². The SMILES string of the molecule is C=CC(=O)O[C@@H](C=C)CCc1ccccc1. The molecule has 1 aromatic rings. The monoisotopic (exact) mass is 216 g/mol. The van der Waals surface area contributed by atoms with Gasteiger partial charge in [-0.05, 0) is 18.4 Å². The van der Waals surface area contributed by atoms with Crippen LogP contribution in [-0.4, -0.2) is 12.1 Å². The van der Waals surface area contributed by atoms with Crippen LogP contribution in [0.1, 0.15) is 12.0 Å². The molecule has 0 aliphatic rings. The number of carbonyl (C=O) groups is 1. The van der Waals surface area contributed by atoms with E-state index in [1.54, 1.807) is 6.08 Å². The van der Waals surface area contributed by atoms with Crippen molar-refractivity contribution in [3.05, 3.63) is 61.2 Å². The topological polar surface area (TPSA) is 26.3 Å². The first-order valence-electron chi connectivity index (χ1n) is 5.25. The standard InChI is InChI=1S/C14H16O2/c1-3-13(16-14(15)4-2)11-10-12-8-6-5-7-9-12/h3-9,13H,1-2,10-11H2/t13-/m0/s1. The molecule has 0 aromatic heterocycles. The molecule has 1 rings (SSSR count). The summed E-state index contributed by atoms with van der Waals surface area (Å²) in [4.78, 5) is 11.0. The first-order chi connectivity index (χ1) is 7.76. The predicted molar refractivity (Wildman–Crippen MR) is 65.0 cm³/mol. The van der Waals surface area contributed by atoms with Gasteiger partial charge in [-0.2, -0.15) is 0 Å². The Bertz CT molecular complexity index is 354. The molecule has 0 spiro atoms. The molecule has 0 saturated heterocycles. The van der Waals surface area contributed by atoms with Gasteiger partial charge in [0.2, 0.25) is 0 Å². The van der Waals surface area contributed by atoms with Gasteiger partial charge in [-0.15, -0.1) is 0 Å². The molecule has 0 unspecified atom stereocenters. The van der Waals surface area contributed by atoms with E-state index in [4.69, 9.17) is 4.74 Å². The highest BCUT2D eigenvalue weighted by Gasteiger charge is 2.08. The predicted octanol–water partition coefficient (Wildman–Crippen LogP) is 2.90. The first kappa shape index (κ1) is 12.2. The van der Waals surface area contributed by atoms with Crippen molar-refractivity contribution in [2.45, 2.75) is 18.9 Å². The van der Waals surface area contributed by atoms with Crippen LogP contribution in [0, 0.1) is 0 Å². The largest absolute Gasteiger partial charge is 0.455 e. The Kier molecular flexibility index (Phi) is 5.06. The minimum Gasteiger partial charge on any atom is -0.455 e. The Balaban J connectivity index is 2.43. The summed E-state index contributed by atoms with van der Waals surface area (Å²) in [6.45, 7) is 7.01. The average molecular weight is 216 g/mol. The fourth-order valence-corrected chi connectivity index (χ4v) is 1.38. The highest BCUT2D eigenvalue weighted by atomic mass is 16.5. The van der Waals surface area contributed by atoms with Crippen LogP contribution in [0.2, 0.25) is 0 Å². The molecule has 2 heteroatoms. The lowest BCUT2D eigenvalue weighted by atomic mass is 10.1. The van der Waals surface area contributed by atoms with Gasteiger partial charge in [0.15, 0.2) is 0 Å². The Morgan fingerprint density at radius 3 is 2.56 bits per heavy atom. The van der Waals surface area contributed by atoms with Crippen molar-refractivity contribution in [1.29, 1.82) is 0 Å². The van der Waals surface area contributed by atoms with Crippen molar-refractivity contribution in [2.24, 2.45) is 0 Å². The third-order valence-corrected chi connectivity index (χ3v) is 2.26. The summed E-state index contributed by atoms with van der Waals surface area (Å²) in [5.74, 6) is -0.405. The highest BCUT2D eigenvalue weighted by Crippen LogP contribution is 2.08. The number of ether oxygens (including phenoxy) is 1. The second kappa shape index (κ2) is 6.62. The van der Waals surface area contributed by atoms with Gasteiger partial charge in [0.05, 0.1) is 0 Å². The molecule has 0 saturated carbocycles. The molecule has 0 heterocycles. The lowest BCUT2D eigenvalue weighted by Crippen LogP contribution is -2.14. The third-order valence-electron chi connectivity index (χ3n) is 2.26. The van der Waals surface area contributed by atoms with Crippen molar-refractivity contribution in [1.82, 2.24) is 0 Å². The van der Waals surface area contributed by atoms with Crippen molar-refractivity contribution >= 4 is 5.97 Å². The molecule has 16 heavy (non-hydrogen) atoms. The van der Waals surface area contributed by atoms with E-state index in [0.29, 0.717) is 0 Å². The zero-order valence-electron chi connectivity index (χ0n) is 9.26. The van der Waals surface area contributed by atoms with E-state index < -0.39 is 5.97 Å². The number of hydrogen-bond acceptors (Lipinski definition) is 2. The van der Waals surface area contributed by atoms with Crippen LogP contribution in [0.15, 0.2) is 55.6 Å². The molecule has 0 fully saturated rings. The minimum absolute atomic E-state index is 0.245. The molecule has 0 aliphatic carbocycles. The van der Waals surface area contributed by atoms with E-state index in [9.17, 15) is 4.79 Å². The molecule has 1 atom stereocenters. The zero-order valence-corrected chi connectivity index (χ0v) is 9.26. The third kappa shape index (κ3) is 4.13. The van der Waals surface area contributed by atoms with Crippen molar-refractivity contribution in [2.75, 3.05) is 0 Å². The number of hydrogen-bond donors (Lipinski definition) is 0. The molecular formula is C14H16O2. The molecule has 1 aromatic carbocycles. The summed E-state index contributed by atoms with van der Waals surface area (Å²) < 4.78 is 5.10. The average Bonchev–Trinajstić information content (AvgIpc) is 2.35. The number of rotatable bonds is 6. The van der Waals surface area contributed by atoms with E-state index in [-0.39, 0.29) is 6.10 Å². The molecule has 2 nitrogen and oxygen atoms in total. The molecule has 0 amide bonds. The van der Waals surface area contributed by atoms with Crippen molar-refractivity contribution in [3.63, 3.8) is 0 Å². The molecule has 84 valence electrons. The zero-order chi connectivity index (χ0) is 11.8. The summed E-state index contributed by atoms with van der Waals surface area (Å²) in [5, 5.41) is 0. The highest BCUT2D eigenvalue weighted by molar-refractivity contribution is 5.81. The molecule has 0 bridgehead atoms. The van der Waals surface area contributed by atoms with Crippen molar-refractivity contribution < 1.29 is 9.53 Å². The quantitative estimate of drug-likeness (QED) is 0.415. The van der Waals surface area contributed by atoms with Gasteiger partial charge in [-0.25, -0.2) is 4.79 Å². The number of esters is 1. The van der Waals surface area contributed by atoms with E-state index in [0.717, 1.165) is 12.8 Å². The summed E-state index contributed by atoms with van der Waals surface area (Å²) in [5.41, 5.74) is 1.23. The molecule has 0 aliphatic heterocycles. The molecule has 0 N–H and O–H groups in total. The Morgan fingerprint density at radius 1 is 1.31 bits per heavy atom. The Hall–Kier alpha value is -1.83. The van der Waals surface area contributed by atoms with Gasteiger partial charge in [0.1, 0.15) is 6.10 Å². The van der Waals surface area contributed by atoms with E-state index in [2.05, 4.69) is 25.3 Å². The van der Waals surface area contributed by atoms with E-state index >= 15 is 0 Å². The second-order valence-electron chi connectivity index (χ2n) is 3.44. The summed E-state index contributed by atoms with van der Waals surface area (Å²) in [7, 11) is 0. The molecule has 0 radical (unpaired) electrons. The van der Waals surface area contributed by atoms with E-state index in [1.165, 1.54) is 11.6 Å². The van der Waals surface area contributed by atoms with Gasteiger partial charge in [-0.3, -0.25) is 0 Å². The fraction of sp³-hybridized carbons (Fsp3) is 0.214. The van der Waals surface area contributed by atoms with Gasteiger partial charge < -0.3 is 4.74 Å². The van der Waals surface area contributed by atoms with Crippen LogP contribution in [0.25, 0.3) is 0 Å². The summed E-state index contributed by atoms with van der Waals surface area (Å²) >= 11 is 0. The fourth-order valence-electron chi connectivity index (χ4n) is 1.38. The van der Waals surface area contributed by atoms with Crippen LogP contribution in [-0.2, 0) is 16.0 Å². The lowest BCUT2D eigenvalue weighted by Gasteiger charge is -2.12. The summed E-state index contributed by atoms with van der Waals surface area (Å²) in [6, 6.07) is 10.1. The van der Waals surface area contributed by atoms with Gasteiger partial charge in [0.25, 0.3) is 0 Å². The van der Waals surface area contributed by atoms with Crippen LogP contribution < -0.4 is 0 Å². The maximum Gasteiger partial charge on any atom is 0.330 e. The maximum atomic E-state index is 11.0. The van der Waals surface area contributed by atoms with E-state index in [1.807, 2.05) is 18.2 Å². The maximum absolute atomic E-state index is 11.0. The van der Waals surface area contributed by atoms with Gasteiger partial charge >= 0.3 is 5.97 Å². The second-order valence-corrected chi connectivity index (χ2v) is 3.44. The Labute approximate surface area is 96.2 Å². The molecular weight excluding hydrogens is 200 g/mol. The number of benzene rings is 1. The number of carbonyl (C=O) groups excluding carboxylic acids is 1. The van der Waals surface area contributed by atoms with Crippen LogP contribution in [0.5, 0.6) is 0 Å². The van der Waals surface area contributed by atoms with Crippen LogP contribution in [0.4, 0.5) is 0 Å². The first-order valence-corrected chi connectivity index (χ1v) is 5.25. The van der Waals surface area contributed by atoms with Crippen LogP contribution >= 0.6 is 0 Å². The lowest BCUT2D eigenvalue weighted by molar-refractivity contribution is -0.141. The Morgan fingerprint density at radius 2 is 2.00 bits per heavy atom. The number of aryl methyl sites for hydroxylation is 1. The summed E-state index contributed by atoms with van der Waals surface area (Å²) in [6.07, 6.45) is 4.17. The minimum atomic E-state index is -0.405. The van der Waals surface area contributed by atoms with Crippen molar-refractivity contribution in [3.8, 4) is 0 Å². The van der Waals surface area contributed by atoms with Gasteiger partial charge in [-0.1, -0.05) is 49.6 Å².